The van der Waals surface area contributed by atoms with Gasteiger partial charge in [0.15, 0.2) is 0 Å². The summed E-state index contributed by atoms with van der Waals surface area (Å²) in [4.78, 5) is 4.50. The molecule has 0 aromatic carbocycles. The van der Waals surface area contributed by atoms with Crippen molar-refractivity contribution in [3.63, 3.8) is 0 Å². The first-order valence-corrected chi connectivity index (χ1v) is 7.34. The molecule has 0 spiro atoms. The van der Waals surface area contributed by atoms with Crippen LogP contribution in [0, 0.1) is 6.92 Å². The molecule has 0 N–H and O–H groups in total. The Morgan fingerprint density at radius 3 is 2.76 bits per heavy atom. The monoisotopic (exact) mass is 359 g/mol. The molecule has 17 heavy (non-hydrogen) atoms. The molecule has 2 aromatic rings. The Morgan fingerprint density at radius 1 is 1.41 bits per heavy atom. The van der Waals surface area contributed by atoms with Crippen LogP contribution in [0.2, 0.25) is 0 Å². The summed E-state index contributed by atoms with van der Waals surface area (Å²) in [6, 6.07) is 2.37. The zero-order valence-electron chi connectivity index (χ0n) is 10.2. The van der Waals surface area contributed by atoms with Gasteiger partial charge in [0.25, 0.3) is 0 Å². The number of fused-ring (bicyclic) bond motifs is 1. The van der Waals surface area contributed by atoms with Gasteiger partial charge in [0.1, 0.15) is 15.6 Å². The second-order valence-electron chi connectivity index (χ2n) is 4.29. The van der Waals surface area contributed by atoms with Crippen molar-refractivity contribution in [2.75, 3.05) is 0 Å². The normalized spacial score (nSPS) is 13.2. The third kappa shape index (κ3) is 2.40. The molecule has 1 unspecified atom stereocenters. The molecule has 0 saturated carbocycles. The van der Waals surface area contributed by atoms with Crippen molar-refractivity contribution >= 4 is 42.9 Å². The van der Waals surface area contributed by atoms with Gasteiger partial charge in [0, 0.05) is 10.5 Å². The number of rotatable bonds is 3. The van der Waals surface area contributed by atoms with Gasteiger partial charge in [-0.25, -0.2) is 4.98 Å². The molecule has 0 aliphatic carbocycles. The first kappa shape index (κ1) is 13.0. The van der Waals surface area contributed by atoms with E-state index in [4.69, 9.17) is 0 Å². The molecular formula is C12H15Br2N3. The maximum atomic E-state index is 4.61. The third-order valence-electron chi connectivity index (χ3n) is 2.87. The summed E-state index contributed by atoms with van der Waals surface area (Å²) in [7, 11) is 0. The van der Waals surface area contributed by atoms with E-state index in [2.05, 4.69) is 60.5 Å². The summed E-state index contributed by atoms with van der Waals surface area (Å²) in [5.41, 5.74) is 3.03. The Hall–Kier alpha value is -0.420. The Morgan fingerprint density at radius 2 is 2.12 bits per heavy atom. The molecule has 2 rings (SSSR count). The molecule has 0 fully saturated rings. The lowest BCUT2D eigenvalue weighted by molar-refractivity contribution is 0.465. The van der Waals surface area contributed by atoms with E-state index in [1.54, 1.807) is 0 Å². The van der Waals surface area contributed by atoms with Gasteiger partial charge in [0.05, 0.1) is 5.69 Å². The van der Waals surface area contributed by atoms with Crippen molar-refractivity contribution in [1.82, 2.24) is 14.8 Å². The topological polar surface area (TPSA) is 30.7 Å². The number of pyridine rings is 1. The van der Waals surface area contributed by atoms with Gasteiger partial charge < -0.3 is 0 Å². The van der Waals surface area contributed by atoms with Gasteiger partial charge in [0.2, 0.25) is 0 Å². The summed E-state index contributed by atoms with van der Waals surface area (Å²) in [5.74, 6) is 0. The molecule has 0 aliphatic heterocycles. The number of aromatic nitrogens is 3. The molecule has 2 heterocycles. The standard InChI is InChI=1S/C12H15Br2N3/c1-4-5-7(2)17-12-9(13)6-10(14)15-11(12)8(3)16-17/h6-7H,4-5H2,1-3H3. The molecule has 2 aromatic heterocycles. The minimum atomic E-state index is 0.399. The minimum Gasteiger partial charge on any atom is -0.259 e. The highest BCUT2D eigenvalue weighted by molar-refractivity contribution is 9.11. The van der Waals surface area contributed by atoms with Crippen molar-refractivity contribution < 1.29 is 0 Å². The second kappa shape index (κ2) is 5.06. The molecule has 92 valence electrons. The zero-order valence-corrected chi connectivity index (χ0v) is 13.3. The predicted molar refractivity (Wildman–Crippen MR) is 77.3 cm³/mol. The SMILES string of the molecule is CCCC(C)n1nc(C)c2nc(Br)cc(Br)c21. The van der Waals surface area contributed by atoms with Crippen molar-refractivity contribution in [2.45, 2.75) is 39.7 Å². The lowest BCUT2D eigenvalue weighted by Crippen LogP contribution is -2.07. The van der Waals surface area contributed by atoms with Crippen LogP contribution in [0.15, 0.2) is 15.1 Å². The fraction of sp³-hybridized carbons (Fsp3) is 0.500. The zero-order chi connectivity index (χ0) is 12.6. The maximum Gasteiger partial charge on any atom is 0.114 e. The van der Waals surface area contributed by atoms with Crippen LogP contribution in [0.1, 0.15) is 38.4 Å². The third-order valence-corrected chi connectivity index (χ3v) is 3.88. The summed E-state index contributed by atoms with van der Waals surface area (Å²) in [6.07, 6.45) is 2.28. The Bertz CT molecular complexity index is 548. The minimum absolute atomic E-state index is 0.399. The van der Waals surface area contributed by atoms with E-state index >= 15 is 0 Å². The lowest BCUT2D eigenvalue weighted by Gasteiger charge is -2.12. The first-order chi connectivity index (χ1) is 8.04. The van der Waals surface area contributed by atoms with Crippen molar-refractivity contribution in [3.8, 4) is 0 Å². The van der Waals surface area contributed by atoms with Gasteiger partial charge in [-0.3, -0.25) is 4.68 Å². The number of hydrogen-bond acceptors (Lipinski definition) is 2. The smallest absolute Gasteiger partial charge is 0.114 e. The highest BCUT2D eigenvalue weighted by atomic mass is 79.9. The quantitative estimate of drug-likeness (QED) is 0.747. The van der Waals surface area contributed by atoms with E-state index < -0.39 is 0 Å². The van der Waals surface area contributed by atoms with E-state index in [9.17, 15) is 0 Å². The summed E-state index contributed by atoms with van der Waals surface area (Å²) >= 11 is 7.02. The molecule has 0 saturated heterocycles. The molecular weight excluding hydrogens is 346 g/mol. The van der Waals surface area contributed by atoms with Crippen LogP contribution in [-0.4, -0.2) is 14.8 Å². The lowest BCUT2D eigenvalue weighted by atomic mass is 10.2. The van der Waals surface area contributed by atoms with Gasteiger partial charge in [-0.1, -0.05) is 13.3 Å². The summed E-state index contributed by atoms with van der Waals surface area (Å²) in [6.45, 7) is 6.40. The highest BCUT2D eigenvalue weighted by Gasteiger charge is 2.16. The Labute approximate surface area is 118 Å². The molecule has 0 radical (unpaired) electrons. The fourth-order valence-electron chi connectivity index (χ4n) is 2.07. The van der Waals surface area contributed by atoms with Crippen LogP contribution in [0.4, 0.5) is 0 Å². The number of aryl methyl sites for hydroxylation is 1. The van der Waals surface area contributed by atoms with Gasteiger partial charge in [-0.15, -0.1) is 0 Å². The summed E-state index contributed by atoms with van der Waals surface area (Å²) in [5, 5.41) is 4.61. The molecule has 0 bridgehead atoms. The van der Waals surface area contributed by atoms with Crippen LogP contribution in [0.3, 0.4) is 0 Å². The molecule has 0 aliphatic rings. The van der Waals surface area contributed by atoms with Crippen molar-refractivity contribution in [3.05, 3.63) is 20.8 Å². The Kier molecular flexibility index (Phi) is 3.88. The fourth-order valence-corrected chi connectivity index (χ4v) is 3.37. The van der Waals surface area contributed by atoms with Crippen LogP contribution in [0.5, 0.6) is 0 Å². The Balaban J connectivity index is 2.65. The molecule has 5 heteroatoms. The van der Waals surface area contributed by atoms with E-state index in [0.717, 1.165) is 38.6 Å². The largest absolute Gasteiger partial charge is 0.259 e. The van der Waals surface area contributed by atoms with E-state index in [1.807, 2.05) is 13.0 Å². The predicted octanol–water partition coefficient (Wildman–Crippen LogP) is 4.63. The number of hydrogen-bond donors (Lipinski definition) is 0. The molecule has 3 nitrogen and oxygen atoms in total. The molecule has 1 atom stereocenters. The van der Waals surface area contributed by atoms with Crippen LogP contribution < -0.4 is 0 Å². The number of nitrogens with zero attached hydrogens (tertiary/aromatic N) is 3. The first-order valence-electron chi connectivity index (χ1n) is 5.75. The number of halogens is 2. The van der Waals surface area contributed by atoms with E-state index in [0.29, 0.717) is 6.04 Å². The molecule has 0 amide bonds. The second-order valence-corrected chi connectivity index (χ2v) is 5.96. The average molecular weight is 361 g/mol. The van der Waals surface area contributed by atoms with Crippen molar-refractivity contribution in [1.29, 1.82) is 0 Å². The van der Waals surface area contributed by atoms with E-state index in [1.165, 1.54) is 0 Å². The average Bonchev–Trinajstić information content (AvgIpc) is 2.57. The van der Waals surface area contributed by atoms with Crippen LogP contribution in [0.25, 0.3) is 11.0 Å². The highest BCUT2D eigenvalue weighted by Crippen LogP contribution is 2.30. The van der Waals surface area contributed by atoms with E-state index in [-0.39, 0.29) is 0 Å². The van der Waals surface area contributed by atoms with Crippen molar-refractivity contribution in [2.24, 2.45) is 0 Å². The van der Waals surface area contributed by atoms with Gasteiger partial charge >= 0.3 is 0 Å². The summed E-state index contributed by atoms with van der Waals surface area (Å²) < 4.78 is 3.96. The van der Waals surface area contributed by atoms with Crippen LogP contribution in [-0.2, 0) is 0 Å². The van der Waals surface area contributed by atoms with Gasteiger partial charge in [-0.2, -0.15) is 5.10 Å². The maximum absolute atomic E-state index is 4.61. The van der Waals surface area contributed by atoms with Gasteiger partial charge in [-0.05, 0) is 58.2 Å². The van der Waals surface area contributed by atoms with Crippen LogP contribution >= 0.6 is 31.9 Å².